The van der Waals surface area contributed by atoms with E-state index in [1.165, 1.54) is 18.9 Å². The van der Waals surface area contributed by atoms with Gasteiger partial charge in [0.25, 0.3) is 0 Å². The molecule has 0 spiro atoms. The number of ether oxygens (including phenoxy) is 3. The summed E-state index contributed by atoms with van der Waals surface area (Å²) in [5.74, 6) is -0.0311. The largest absolute Gasteiger partial charge is 0.493 e. The second-order valence-corrected chi connectivity index (χ2v) is 7.81. The van der Waals surface area contributed by atoms with Gasteiger partial charge in [-0.15, -0.1) is 0 Å². The molecule has 0 saturated heterocycles. The molecule has 0 fully saturated rings. The summed E-state index contributed by atoms with van der Waals surface area (Å²) in [6, 6.07) is 14.6. The number of methoxy groups -OCH3 is 2. The van der Waals surface area contributed by atoms with Crippen molar-refractivity contribution in [2.45, 2.75) is 27.2 Å². The molecule has 3 rings (SSSR count). The predicted molar refractivity (Wildman–Crippen MR) is 121 cm³/mol. The van der Waals surface area contributed by atoms with Gasteiger partial charge >= 0.3 is 11.9 Å². The fourth-order valence-electron chi connectivity index (χ4n) is 3.32. The van der Waals surface area contributed by atoms with Crippen molar-refractivity contribution in [1.82, 2.24) is 9.78 Å². The quantitative estimate of drug-likeness (QED) is 0.470. The van der Waals surface area contributed by atoms with Gasteiger partial charge in [0.15, 0.2) is 5.69 Å². The number of nitrogens with zero attached hydrogens (tertiary/aromatic N) is 2. The lowest BCUT2D eigenvalue weighted by Crippen LogP contribution is -2.15. The molecule has 1 aromatic heterocycles. The van der Waals surface area contributed by atoms with E-state index in [2.05, 4.69) is 18.9 Å². The minimum absolute atomic E-state index is 0.00969. The summed E-state index contributed by atoms with van der Waals surface area (Å²) in [5, 5.41) is 4.62. The number of para-hydroxylation sites is 1. The first kappa shape index (κ1) is 23.1. The summed E-state index contributed by atoms with van der Waals surface area (Å²) in [6.45, 7) is 6.85. The van der Waals surface area contributed by atoms with E-state index in [1.807, 2.05) is 43.3 Å². The summed E-state index contributed by atoms with van der Waals surface area (Å²) in [5.41, 5.74) is 2.58. The molecule has 0 aliphatic rings. The average Bonchev–Trinajstić information content (AvgIpc) is 3.20. The van der Waals surface area contributed by atoms with E-state index in [0.29, 0.717) is 29.5 Å². The molecule has 7 nitrogen and oxygen atoms in total. The highest BCUT2D eigenvalue weighted by molar-refractivity contribution is 6.06. The lowest BCUT2D eigenvalue weighted by Gasteiger charge is -2.11. The number of benzene rings is 2. The molecule has 0 aliphatic heterocycles. The van der Waals surface area contributed by atoms with E-state index in [4.69, 9.17) is 14.2 Å². The molecule has 168 valence electrons. The van der Waals surface area contributed by atoms with Crippen molar-refractivity contribution in [3.8, 4) is 22.7 Å². The Morgan fingerprint density at radius 1 is 1.00 bits per heavy atom. The zero-order valence-electron chi connectivity index (χ0n) is 19.0. The monoisotopic (exact) mass is 436 g/mol. The number of carbonyl (C=O) groups is 2. The molecule has 0 atom stereocenters. The molecule has 0 bridgehead atoms. The summed E-state index contributed by atoms with van der Waals surface area (Å²) in [6.07, 6.45) is 0.956. The van der Waals surface area contributed by atoms with E-state index in [-0.39, 0.29) is 11.3 Å². The third-order valence-corrected chi connectivity index (χ3v) is 5.06. The molecule has 1 heterocycles. The van der Waals surface area contributed by atoms with Gasteiger partial charge < -0.3 is 14.2 Å². The highest BCUT2D eigenvalue weighted by atomic mass is 16.5. The van der Waals surface area contributed by atoms with Crippen molar-refractivity contribution < 1.29 is 23.8 Å². The first-order valence-corrected chi connectivity index (χ1v) is 10.5. The van der Waals surface area contributed by atoms with Crippen LogP contribution in [0.5, 0.6) is 5.75 Å². The third-order valence-electron chi connectivity index (χ3n) is 5.06. The van der Waals surface area contributed by atoms with Gasteiger partial charge in [-0.2, -0.15) is 5.10 Å². The number of esters is 2. The van der Waals surface area contributed by atoms with Crippen LogP contribution >= 0.6 is 0 Å². The minimum atomic E-state index is -0.682. The van der Waals surface area contributed by atoms with Crippen LogP contribution in [0.2, 0.25) is 0 Å². The summed E-state index contributed by atoms with van der Waals surface area (Å²) < 4.78 is 17.3. The Morgan fingerprint density at radius 2 is 1.69 bits per heavy atom. The molecular formula is C25H28N2O5. The number of aryl methyl sites for hydroxylation is 1. The highest BCUT2D eigenvalue weighted by Crippen LogP contribution is 2.32. The SMILES string of the molecule is COC(=O)c1c(-c2ccc(OCCC(C)C)c(C)c2)nn(-c2ccccc2)c1C(=O)OC. The second-order valence-electron chi connectivity index (χ2n) is 7.81. The Labute approximate surface area is 187 Å². The van der Waals surface area contributed by atoms with Crippen molar-refractivity contribution in [2.75, 3.05) is 20.8 Å². The van der Waals surface area contributed by atoms with Crippen LogP contribution in [0, 0.1) is 12.8 Å². The molecule has 0 aliphatic carbocycles. The highest BCUT2D eigenvalue weighted by Gasteiger charge is 2.31. The first-order chi connectivity index (χ1) is 15.4. The normalized spacial score (nSPS) is 10.8. The van der Waals surface area contributed by atoms with E-state index >= 15 is 0 Å². The van der Waals surface area contributed by atoms with Gasteiger partial charge in [0, 0.05) is 5.56 Å². The van der Waals surface area contributed by atoms with Crippen LogP contribution < -0.4 is 4.74 Å². The minimum Gasteiger partial charge on any atom is -0.493 e. The van der Waals surface area contributed by atoms with Crippen LogP contribution in [-0.4, -0.2) is 42.5 Å². The molecule has 0 saturated carbocycles. The van der Waals surface area contributed by atoms with Crippen molar-refractivity contribution in [3.05, 3.63) is 65.4 Å². The van der Waals surface area contributed by atoms with Crippen molar-refractivity contribution in [3.63, 3.8) is 0 Å². The third kappa shape index (κ3) is 4.82. The Morgan fingerprint density at radius 3 is 2.28 bits per heavy atom. The summed E-state index contributed by atoms with van der Waals surface area (Å²) in [7, 11) is 2.53. The summed E-state index contributed by atoms with van der Waals surface area (Å²) in [4.78, 5) is 25.4. The van der Waals surface area contributed by atoms with Crippen LogP contribution in [0.15, 0.2) is 48.5 Å². The van der Waals surface area contributed by atoms with E-state index in [0.717, 1.165) is 17.7 Å². The predicted octanol–water partition coefficient (Wildman–Crippen LogP) is 4.85. The van der Waals surface area contributed by atoms with Gasteiger partial charge in [0.2, 0.25) is 0 Å². The van der Waals surface area contributed by atoms with Crippen LogP contribution in [-0.2, 0) is 9.47 Å². The maximum atomic E-state index is 12.7. The topological polar surface area (TPSA) is 79.7 Å². The molecule has 0 unspecified atom stereocenters. The zero-order valence-corrected chi connectivity index (χ0v) is 19.0. The van der Waals surface area contributed by atoms with Gasteiger partial charge in [0.05, 0.1) is 26.5 Å². The molecule has 2 aromatic carbocycles. The fraction of sp³-hybridized carbons (Fsp3) is 0.320. The van der Waals surface area contributed by atoms with Crippen LogP contribution in [0.25, 0.3) is 16.9 Å². The average molecular weight is 437 g/mol. The van der Waals surface area contributed by atoms with Crippen LogP contribution in [0.4, 0.5) is 0 Å². The molecule has 0 radical (unpaired) electrons. The van der Waals surface area contributed by atoms with E-state index in [1.54, 1.807) is 12.1 Å². The van der Waals surface area contributed by atoms with Gasteiger partial charge in [0.1, 0.15) is 17.0 Å². The number of rotatable bonds is 8. The van der Waals surface area contributed by atoms with Crippen LogP contribution in [0.1, 0.15) is 46.7 Å². The van der Waals surface area contributed by atoms with Crippen molar-refractivity contribution >= 4 is 11.9 Å². The van der Waals surface area contributed by atoms with Gasteiger partial charge in [-0.25, -0.2) is 14.3 Å². The maximum Gasteiger partial charge on any atom is 0.357 e. The van der Waals surface area contributed by atoms with Gasteiger partial charge in [-0.1, -0.05) is 32.0 Å². The zero-order chi connectivity index (χ0) is 23.3. The number of hydrogen-bond donors (Lipinski definition) is 0. The smallest absolute Gasteiger partial charge is 0.357 e. The Hall–Kier alpha value is -3.61. The second kappa shape index (κ2) is 10.1. The standard InChI is InChI=1S/C25H28N2O5/c1-16(2)13-14-32-20-12-11-18(15-17(20)3)22-21(24(28)30-4)23(25(29)31-5)27(26-22)19-9-7-6-8-10-19/h6-12,15-16H,13-14H2,1-5H3. The number of hydrogen-bond acceptors (Lipinski definition) is 6. The Kier molecular flexibility index (Phi) is 7.30. The Balaban J connectivity index is 2.13. The molecule has 7 heteroatoms. The van der Waals surface area contributed by atoms with Crippen molar-refractivity contribution in [2.24, 2.45) is 5.92 Å². The molecule has 3 aromatic rings. The maximum absolute atomic E-state index is 12.7. The molecule has 0 N–H and O–H groups in total. The molecular weight excluding hydrogens is 408 g/mol. The molecule has 32 heavy (non-hydrogen) atoms. The lowest BCUT2D eigenvalue weighted by molar-refractivity contribution is 0.0549. The van der Waals surface area contributed by atoms with Crippen LogP contribution in [0.3, 0.4) is 0 Å². The van der Waals surface area contributed by atoms with Gasteiger partial charge in [-0.3, -0.25) is 0 Å². The van der Waals surface area contributed by atoms with E-state index in [9.17, 15) is 9.59 Å². The summed E-state index contributed by atoms with van der Waals surface area (Å²) >= 11 is 0. The van der Waals surface area contributed by atoms with Crippen molar-refractivity contribution in [1.29, 1.82) is 0 Å². The number of carbonyl (C=O) groups excluding carboxylic acids is 2. The lowest BCUT2D eigenvalue weighted by atomic mass is 10.0. The number of aromatic nitrogens is 2. The first-order valence-electron chi connectivity index (χ1n) is 10.5. The van der Waals surface area contributed by atoms with Gasteiger partial charge in [-0.05, 0) is 55.2 Å². The molecule has 0 amide bonds. The van der Waals surface area contributed by atoms with E-state index < -0.39 is 11.9 Å². The Bertz CT molecular complexity index is 1100. The fourth-order valence-corrected chi connectivity index (χ4v) is 3.32.